The average Bonchev–Trinajstić information content (AvgIpc) is 2.26. The maximum absolute atomic E-state index is 13.9. The maximum Gasteiger partial charge on any atom is 0.313 e. The minimum atomic E-state index is -5.15. The molecule has 12 heteroatoms. The summed E-state index contributed by atoms with van der Waals surface area (Å²) in [5, 5.41) is 9.06. The van der Waals surface area contributed by atoms with Crippen LogP contribution in [-0.4, -0.2) is 47.4 Å². The molecule has 0 fully saturated rings. The van der Waals surface area contributed by atoms with Crippen LogP contribution in [0.25, 0.3) is 0 Å². The summed E-state index contributed by atoms with van der Waals surface area (Å²) >= 11 is 0. The maximum atomic E-state index is 13.9. The molecular formula is C10H13FN2O7S2. The highest BCUT2D eigenvalue weighted by molar-refractivity contribution is 7.86. The van der Waals surface area contributed by atoms with E-state index in [2.05, 4.69) is 4.98 Å². The van der Waals surface area contributed by atoms with Crippen LogP contribution in [0.2, 0.25) is 0 Å². The number of rotatable bonds is 3. The monoisotopic (exact) mass is 356 g/mol. The molecule has 1 heterocycles. The summed E-state index contributed by atoms with van der Waals surface area (Å²) < 4.78 is 76.3. The second kappa shape index (κ2) is 5.53. The molecule has 2 N–H and O–H groups in total. The lowest BCUT2D eigenvalue weighted by Gasteiger charge is -2.19. The smallest absolute Gasteiger partial charge is 0.313 e. The SMILES string of the molecule is CC(C)(C)[N+]([O-])=Cc1c(F)cc(S(=O)(=O)O)nc1S(=O)(=O)O. The number of aromatic nitrogens is 1. The quantitative estimate of drug-likeness (QED) is 0.261. The summed E-state index contributed by atoms with van der Waals surface area (Å²) in [6.45, 7) is 4.34. The van der Waals surface area contributed by atoms with E-state index >= 15 is 0 Å². The molecule has 22 heavy (non-hydrogen) atoms. The van der Waals surface area contributed by atoms with Gasteiger partial charge in [-0.15, -0.1) is 0 Å². The van der Waals surface area contributed by atoms with Gasteiger partial charge in [0.05, 0.1) is 0 Å². The first-order valence-corrected chi connectivity index (χ1v) is 8.49. The second-order valence-electron chi connectivity index (χ2n) is 5.24. The Morgan fingerprint density at radius 3 is 2.09 bits per heavy atom. The zero-order valence-corrected chi connectivity index (χ0v) is 13.3. The minimum Gasteiger partial charge on any atom is -0.623 e. The van der Waals surface area contributed by atoms with Gasteiger partial charge in [0.15, 0.2) is 21.8 Å². The van der Waals surface area contributed by atoms with Gasteiger partial charge in [-0.05, 0) is 0 Å². The van der Waals surface area contributed by atoms with Crippen LogP contribution in [-0.2, 0) is 20.2 Å². The van der Waals surface area contributed by atoms with Gasteiger partial charge in [0.1, 0.15) is 11.4 Å². The van der Waals surface area contributed by atoms with Crippen molar-refractivity contribution in [3.8, 4) is 0 Å². The van der Waals surface area contributed by atoms with Gasteiger partial charge in [-0.1, -0.05) is 0 Å². The predicted molar refractivity (Wildman–Crippen MR) is 72.4 cm³/mol. The van der Waals surface area contributed by atoms with E-state index in [1.54, 1.807) is 0 Å². The summed E-state index contributed by atoms with van der Waals surface area (Å²) in [5.41, 5.74) is -2.00. The normalized spacial score (nSPS) is 14.2. The number of hydroxylamine groups is 1. The minimum absolute atomic E-state index is 0.203. The molecule has 0 aromatic carbocycles. The summed E-state index contributed by atoms with van der Waals surface area (Å²) in [7, 11) is -10.2. The van der Waals surface area contributed by atoms with E-state index in [1.807, 2.05) is 0 Å². The van der Waals surface area contributed by atoms with Crippen LogP contribution >= 0.6 is 0 Å². The topological polar surface area (TPSA) is 148 Å². The Bertz CT molecular complexity index is 839. The molecule has 0 aliphatic rings. The highest BCUT2D eigenvalue weighted by Gasteiger charge is 2.28. The Labute approximate surface area is 126 Å². The zero-order chi connectivity index (χ0) is 17.5. The van der Waals surface area contributed by atoms with E-state index in [4.69, 9.17) is 9.11 Å². The average molecular weight is 356 g/mol. The molecule has 1 aromatic heterocycles. The van der Waals surface area contributed by atoms with Crippen molar-refractivity contribution in [2.24, 2.45) is 0 Å². The first kappa shape index (κ1) is 18.4. The van der Waals surface area contributed by atoms with Gasteiger partial charge in [-0.2, -0.15) is 16.8 Å². The molecule has 0 saturated carbocycles. The third kappa shape index (κ3) is 4.19. The molecule has 0 aliphatic carbocycles. The fourth-order valence-corrected chi connectivity index (χ4v) is 2.40. The molecule has 0 spiro atoms. The Hall–Kier alpha value is -1.63. The molecule has 0 atom stereocenters. The Kier molecular flexibility index (Phi) is 4.63. The fraction of sp³-hybridized carbons (Fsp3) is 0.400. The second-order valence-corrected chi connectivity index (χ2v) is 7.94. The fourth-order valence-electron chi connectivity index (χ4n) is 1.24. The van der Waals surface area contributed by atoms with Gasteiger partial charge in [0.25, 0.3) is 0 Å². The van der Waals surface area contributed by atoms with Gasteiger partial charge in [0, 0.05) is 26.8 Å². The molecule has 1 aromatic rings. The van der Waals surface area contributed by atoms with Crippen molar-refractivity contribution in [3.63, 3.8) is 0 Å². The van der Waals surface area contributed by atoms with Gasteiger partial charge < -0.3 is 5.21 Å². The first-order chi connectivity index (χ1) is 9.64. The Morgan fingerprint density at radius 2 is 1.73 bits per heavy atom. The number of hydrogen-bond donors (Lipinski definition) is 2. The van der Waals surface area contributed by atoms with Crippen molar-refractivity contribution in [1.29, 1.82) is 0 Å². The van der Waals surface area contributed by atoms with Gasteiger partial charge in [-0.3, -0.25) is 9.11 Å². The van der Waals surface area contributed by atoms with Crippen LogP contribution in [0.4, 0.5) is 4.39 Å². The van der Waals surface area contributed by atoms with Crippen LogP contribution in [0.3, 0.4) is 0 Å². The van der Waals surface area contributed by atoms with Crippen LogP contribution < -0.4 is 0 Å². The number of nitrogens with zero attached hydrogens (tertiary/aromatic N) is 2. The van der Waals surface area contributed by atoms with Crippen molar-refractivity contribution in [1.82, 2.24) is 4.98 Å². The third-order valence-corrected chi connectivity index (χ3v) is 3.90. The van der Waals surface area contributed by atoms with Gasteiger partial charge >= 0.3 is 20.2 Å². The van der Waals surface area contributed by atoms with Crippen LogP contribution in [0, 0.1) is 11.0 Å². The summed E-state index contributed by atoms with van der Waals surface area (Å²) in [4.78, 5) is 3.00. The summed E-state index contributed by atoms with van der Waals surface area (Å²) in [6, 6.07) is 0.229. The van der Waals surface area contributed by atoms with Gasteiger partial charge in [-0.25, -0.2) is 14.1 Å². The zero-order valence-electron chi connectivity index (χ0n) is 11.7. The number of hydrogen-bond acceptors (Lipinski definition) is 6. The Balaban J connectivity index is 3.81. The van der Waals surface area contributed by atoms with E-state index in [-0.39, 0.29) is 10.8 Å². The van der Waals surface area contributed by atoms with Crippen LogP contribution in [0.15, 0.2) is 16.1 Å². The van der Waals surface area contributed by atoms with Crippen molar-refractivity contribution in [2.45, 2.75) is 36.4 Å². The molecule has 0 radical (unpaired) electrons. The molecule has 0 bridgehead atoms. The van der Waals surface area contributed by atoms with Crippen molar-refractivity contribution in [3.05, 3.63) is 22.7 Å². The van der Waals surface area contributed by atoms with E-state index in [0.717, 1.165) is 0 Å². The van der Waals surface area contributed by atoms with Crippen LogP contribution in [0.5, 0.6) is 0 Å². The lowest BCUT2D eigenvalue weighted by Crippen LogP contribution is -2.30. The highest BCUT2D eigenvalue weighted by Crippen LogP contribution is 2.20. The Morgan fingerprint density at radius 1 is 1.23 bits per heavy atom. The molecule has 0 unspecified atom stereocenters. The molecule has 0 aliphatic heterocycles. The molecule has 1 rings (SSSR count). The van der Waals surface area contributed by atoms with E-state index in [0.29, 0.717) is 6.21 Å². The highest BCUT2D eigenvalue weighted by atomic mass is 32.2. The van der Waals surface area contributed by atoms with E-state index in [1.165, 1.54) is 20.8 Å². The standard InChI is InChI=1S/C10H13FN2O7S2/c1-10(2,3)13(14)5-6-7(11)4-8(21(15,16)17)12-9(6)22(18,19)20/h4-5H,1-3H3,(H,15,16,17)(H,18,19,20). The van der Waals surface area contributed by atoms with Crippen molar-refractivity contribution in [2.75, 3.05) is 0 Å². The largest absolute Gasteiger partial charge is 0.623 e. The molecule has 0 amide bonds. The molecule has 124 valence electrons. The van der Waals surface area contributed by atoms with Crippen LogP contribution in [0.1, 0.15) is 26.3 Å². The molecule has 0 saturated heterocycles. The molecule has 9 nitrogen and oxygen atoms in total. The lowest BCUT2D eigenvalue weighted by atomic mass is 10.1. The van der Waals surface area contributed by atoms with Crippen molar-refractivity contribution < 1.29 is 35.1 Å². The summed E-state index contributed by atoms with van der Waals surface area (Å²) in [5.74, 6) is -1.47. The van der Waals surface area contributed by atoms with E-state index in [9.17, 15) is 26.4 Å². The lowest BCUT2D eigenvalue weighted by molar-refractivity contribution is -0.530. The third-order valence-electron chi connectivity index (χ3n) is 2.37. The number of halogens is 1. The van der Waals surface area contributed by atoms with Gasteiger partial charge in [0.2, 0.25) is 0 Å². The number of pyridine rings is 1. The van der Waals surface area contributed by atoms with Crippen molar-refractivity contribution >= 4 is 26.5 Å². The first-order valence-electron chi connectivity index (χ1n) is 5.61. The van der Waals surface area contributed by atoms with E-state index < -0.39 is 47.2 Å². The summed E-state index contributed by atoms with van der Waals surface area (Å²) in [6.07, 6.45) is 0.513. The predicted octanol–water partition coefficient (Wildman–Crippen LogP) is 0.442. The molecular weight excluding hydrogens is 343 g/mol.